The molecular weight excluding hydrogens is 154 g/mol. The Morgan fingerprint density at radius 1 is 1.50 bits per heavy atom. The molecule has 5 nitrogen and oxygen atoms in total. The van der Waals surface area contributed by atoms with E-state index in [1.54, 1.807) is 0 Å². The molecule has 1 fully saturated rings. The van der Waals surface area contributed by atoms with Crippen LogP contribution in [0.1, 0.15) is 18.7 Å². The molecular formula is C7H11N5. The van der Waals surface area contributed by atoms with Crippen molar-refractivity contribution in [2.45, 2.75) is 25.4 Å². The van der Waals surface area contributed by atoms with Crippen LogP contribution in [0.2, 0.25) is 0 Å². The van der Waals surface area contributed by atoms with Crippen molar-refractivity contribution >= 4 is 5.82 Å². The number of rotatable bonds is 3. The second kappa shape index (κ2) is 3.02. The molecule has 1 saturated carbocycles. The molecule has 1 aliphatic carbocycles. The van der Waals surface area contributed by atoms with Gasteiger partial charge in [0.25, 0.3) is 0 Å². The first-order valence-electron chi connectivity index (χ1n) is 4.02. The van der Waals surface area contributed by atoms with Crippen molar-refractivity contribution in [1.82, 2.24) is 20.5 Å². The highest BCUT2D eigenvalue weighted by Gasteiger charge is 2.20. The molecule has 2 rings (SSSR count). The average Bonchev–Trinajstić information content (AvgIpc) is 2.87. The van der Waals surface area contributed by atoms with Crippen molar-refractivity contribution in [2.24, 2.45) is 0 Å². The highest BCUT2D eigenvalue weighted by Crippen LogP contribution is 2.18. The number of nitrogens with zero attached hydrogens (tertiary/aromatic N) is 3. The van der Waals surface area contributed by atoms with Gasteiger partial charge in [-0.2, -0.15) is 0 Å². The van der Waals surface area contributed by atoms with Gasteiger partial charge in [-0.1, -0.05) is 0 Å². The van der Waals surface area contributed by atoms with Gasteiger partial charge in [0.05, 0.1) is 12.7 Å². The molecule has 0 bridgehead atoms. The lowest BCUT2D eigenvalue weighted by molar-refractivity contribution is 0.646. The molecule has 0 aromatic carbocycles. The van der Waals surface area contributed by atoms with E-state index in [1.807, 2.05) is 0 Å². The zero-order valence-corrected chi connectivity index (χ0v) is 6.70. The Morgan fingerprint density at radius 2 is 2.33 bits per heavy atom. The van der Waals surface area contributed by atoms with E-state index in [1.165, 1.54) is 19.0 Å². The number of nitrogens with one attached hydrogen (secondary N) is 1. The first-order chi connectivity index (χ1) is 5.84. The molecule has 0 amide bonds. The van der Waals surface area contributed by atoms with Crippen molar-refractivity contribution < 1.29 is 0 Å². The summed E-state index contributed by atoms with van der Waals surface area (Å²) in [5.41, 5.74) is 5.34. The third-order valence-electron chi connectivity index (χ3n) is 1.75. The van der Waals surface area contributed by atoms with Gasteiger partial charge < -0.3 is 11.1 Å². The van der Waals surface area contributed by atoms with Gasteiger partial charge in [0.15, 0.2) is 11.6 Å². The topological polar surface area (TPSA) is 76.7 Å². The summed E-state index contributed by atoms with van der Waals surface area (Å²) in [5.74, 6) is 1.07. The second-order valence-electron chi connectivity index (χ2n) is 2.95. The molecule has 1 aromatic heterocycles. The molecule has 0 aliphatic heterocycles. The Morgan fingerprint density at radius 3 is 2.92 bits per heavy atom. The lowest BCUT2D eigenvalue weighted by Gasteiger charge is -1.99. The summed E-state index contributed by atoms with van der Waals surface area (Å²) in [4.78, 5) is 4.02. The summed E-state index contributed by atoms with van der Waals surface area (Å²) in [6.45, 7) is 0.692. The van der Waals surface area contributed by atoms with E-state index >= 15 is 0 Å². The van der Waals surface area contributed by atoms with Crippen LogP contribution in [0.4, 0.5) is 5.82 Å². The van der Waals surface area contributed by atoms with E-state index in [4.69, 9.17) is 5.73 Å². The van der Waals surface area contributed by atoms with Crippen molar-refractivity contribution in [2.75, 3.05) is 5.73 Å². The smallest absolute Gasteiger partial charge is 0.164 e. The van der Waals surface area contributed by atoms with Gasteiger partial charge in [-0.25, -0.2) is 4.98 Å². The van der Waals surface area contributed by atoms with Crippen molar-refractivity contribution in [3.63, 3.8) is 0 Å². The fourth-order valence-electron chi connectivity index (χ4n) is 0.912. The molecule has 12 heavy (non-hydrogen) atoms. The van der Waals surface area contributed by atoms with Gasteiger partial charge in [0.2, 0.25) is 0 Å². The Kier molecular flexibility index (Phi) is 1.87. The zero-order chi connectivity index (χ0) is 8.39. The van der Waals surface area contributed by atoms with Crippen LogP contribution in [0.5, 0.6) is 0 Å². The predicted octanol–water partition coefficient (Wildman–Crippen LogP) is -0.294. The van der Waals surface area contributed by atoms with Gasteiger partial charge in [0.1, 0.15) is 0 Å². The maximum Gasteiger partial charge on any atom is 0.164 e. The van der Waals surface area contributed by atoms with Crippen LogP contribution in [-0.2, 0) is 6.54 Å². The van der Waals surface area contributed by atoms with E-state index in [0.29, 0.717) is 24.2 Å². The fourth-order valence-corrected chi connectivity index (χ4v) is 0.912. The number of nitrogens with two attached hydrogens (primary N) is 1. The third-order valence-corrected chi connectivity index (χ3v) is 1.75. The van der Waals surface area contributed by atoms with Crippen LogP contribution in [0.15, 0.2) is 6.20 Å². The summed E-state index contributed by atoms with van der Waals surface area (Å²) in [5, 5.41) is 10.8. The van der Waals surface area contributed by atoms with Gasteiger partial charge in [-0.15, -0.1) is 10.2 Å². The average molecular weight is 165 g/mol. The molecule has 3 N–H and O–H groups in total. The Labute approximate surface area is 70.4 Å². The minimum absolute atomic E-state index is 0.366. The van der Waals surface area contributed by atoms with E-state index < -0.39 is 0 Å². The van der Waals surface area contributed by atoms with Gasteiger partial charge >= 0.3 is 0 Å². The van der Waals surface area contributed by atoms with Crippen molar-refractivity contribution in [3.8, 4) is 0 Å². The normalized spacial score (nSPS) is 16.3. The van der Waals surface area contributed by atoms with Gasteiger partial charge in [-0.05, 0) is 12.8 Å². The van der Waals surface area contributed by atoms with Crippen molar-refractivity contribution in [1.29, 1.82) is 0 Å². The fraction of sp³-hybridized carbons (Fsp3) is 0.571. The quantitative estimate of drug-likeness (QED) is 0.643. The number of hydrogen-bond donors (Lipinski definition) is 2. The SMILES string of the molecule is Nc1cnc(CNC2CC2)nn1. The first-order valence-corrected chi connectivity index (χ1v) is 4.02. The van der Waals surface area contributed by atoms with E-state index in [-0.39, 0.29) is 0 Å². The maximum atomic E-state index is 5.34. The molecule has 1 aromatic rings. The summed E-state index contributed by atoms with van der Waals surface area (Å²) >= 11 is 0. The summed E-state index contributed by atoms with van der Waals surface area (Å²) in [6, 6.07) is 0.672. The van der Waals surface area contributed by atoms with E-state index in [9.17, 15) is 0 Å². The van der Waals surface area contributed by atoms with Crippen LogP contribution >= 0.6 is 0 Å². The molecule has 0 unspecified atom stereocenters. The van der Waals surface area contributed by atoms with Crippen LogP contribution in [0.3, 0.4) is 0 Å². The number of anilines is 1. The summed E-state index contributed by atoms with van der Waals surface area (Å²) in [7, 11) is 0. The molecule has 1 aliphatic rings. The standard InChI is InChI=1S/C7H11N5/c8-6-3-10-7(12-11-6)4-9-5-1-2-5/h3,5,9H,1-2,4H2,(H2,8,11). The molecule has 0 atom stereocenters. The van der Waals surface area contributed by atoms with Crippen LogP contribution in [0.25, 0.3) is 0 Å². The Balaban J connectivity index is 1.89. The van der Waals surface area contributed by atoms with E-state index in [2.05, 4.69) is 20.5 Å². The zero-order valence-electron chi connectivity index (χ0n) is 6.70. The largest absolute Gasteiger partial charge is 0.381 e. The van der Waals surface area contributed by atoms with Gasteiger partial charge in [0, 0.05) is 6.04 Å². The molecule has 0 radical (unpaired) electrons. The summed E-state index contributed by atoms with van der Waals surface area (Å²) in [6.07, 6.45) is 4.06. The molecule has 64 valence electrons. The highest BCUT2D eigenvalue weighted by atomic mass is 15.2. The lowest BCUT2D eigenvalue weighted by Crippen LogP contribution is -2.17. The maximum absolute atomic E-state index is 5.34. The van der Waals surface area contributed by atoms with Crippen molar-refractivity contribution in [3.05, 3.63) is 12.0 Å². The van der Waals surface area contributed by atoms with Gasteiger partial charge in [-0.3, -0.25) is 0 Å². The van der Waals surface area contributed by atoms with E-state index in [0.717, 1.165) is 0 Å². The second-order valence-corrected chi connectivity index (χ2v) is 2.95. The lowest BCUT2D eigenvalue weighted by atomic mass is 10.5. The van der Waals surface area contributed by atoms with Crippen LogP contribution in [-0.4, -0.2) is 21.2 Å². The third kappa shape index (κ3) is 1.88. The highest BCUT2D eigenvalue weighted by molar-refractivity contribution is 5.19. The minimum atomic E-state index is 0.366. The number of nitrogen functional groups attached to an aromatic ring is 1. The number of hydrogen-bond acceptors (Lipinski definition) is 5. The monoisotopic (exact) mass is 165 g/mol. The molecule has 1 heterocycles. The molecule has 0 spiro atoms. The molecule has 5 heteroatoms. The predicted molar refractivity (Wildman–Crippen MR) is 44.1 cm³/mol. The Hall–Kier alpha value is -1.23. The van der Waals surface area contributed by atoms with Crippen LogP contribution in [0, 0.1) is 0 Å². The summed E-state index contributed by atoms with van der Waals surface area (Å²) < 4.78 is 0. The minimum Gasteiger partial charge on any atom is -0.381 e. The van der Waals surface area contributed by atoms with Crippen LogP contribution < -0.4 is 11.1 Å². The number of aromatic nitrogens is 3. The Bertz CT molecular complexity index is 253. The first kappa shape index (κ1) is 7.42. The molecule has 0 saturated heterocycles.